The number of benzene rings is 1. The number of hydrogen-bond donors (Lipinski definition) is 1. The van der Waals surface area contributed by atoms with Crippen molar-refractivity contribution in [1.82, 2.24) is 4.90 Å². The van der Waals surface area contributed by atoms with E-state index in [1.807, 2.05) is 19.1 Å². The SMILES string of the molecule is CCOc1cccc(C2C(CN)OCCN2CC)c1. The Morgan fingerprint density at radius 1 is 1.42 bits per heavy atom. The van der Waals surface area contributed by atoms with Crippen LogP contribution in [0.25, 0.3) is 0 Å². The Labute approximate surface area is 115 Å². The topological polar surface area (TPSA) is 47.7 Å². The lowest BCUT2D eigenvalue weighted by Gasteiger charge is -2.40. The van der Waals surface area contributed by atoms with E-state index in [0.29, 0.717) is 13.2 Å². The van der Waals surface area contributed by atoms with E-state index in [-0.39, 0.29) is 12.1 Å². The average Bonchev–Trinajstić information content (AvgIpc) is 2.47. The summed E-state index contributed by atoms with van der Waals surface area (Å²) in [6.45, 7) is 8.12. The number of nitrogens with two attached hydrogens (primary N) is 1. The maximum absolute atomic E-state index is 5.86. The molecule has 1 aliphatic heterocycles. The van der Waals surface area contributed by atoms with Crippen LogP contribution in [0, 0.1) is 0 Å². The maximum Gasteiger partial charge on any atom is 0.119 e. The number of morpholine rings is 1. The summed E-state index contributed by atoms with van der Waals surface area (Å²) in [7, 11) is 0. The van der Waals surface area contributed by atoms with E-state index in [0.717, 1.165) is 25.4 Å². The molecule has 1 aromatic rings. The van der Waals surface area contributed by atoms with Gasteiger partial charge in [-0.05, 0) is 31.2 Å². The molecular weight excluding hydrogens is 240 g/mol. The molecule has 0 bridgehead atoms. The molecule has 19 heavy (non-hydrogen) atoms. The van der Waals surface area contributed by atoms with Crippen molar-refractivity contribution < 1.29 is 9.47 Å². The van der Waals surface area contributed by atoms with Gasteiger partial charge < -0.3 is 15.2 Å². The minimum absolute atomic E-state index is 0.0607. The van der Waals surface area contributed by atoms with Gasteiger partial charge >= 0.3 is 0 Å². The zero-order chi connectivity index (χ0) is 13.7. The average molecular weight is 264 g/mol. The molecule has 0 amide bonds. The largest absolute Gasteiger partial charge is 0.494 e. The maximum atomic E-state index is 5.86. The Morgan fingerprint density at radius 2 is 2.26 bits per heavy atom. The summed E-state index contributed by atoms with van der Waals surface area (Å²) in [5.41, 5.74) is 7.09. The monoisotopic (exact) mass is 264 g/mol. The van der Waals surface area contributed by atoms with Gasteiger partial charge in [0, 0.05) is 13.1 Å². The molecule has 1 aliphatic rings. The normalized spacial score (nSPS) is 24.4. The molecule has 1 fully saturated rings. The highest BCUT2D eigenvalue weighted by Crippen LogP contribution is 2.30. The quantitative estimate of drug-likeness (QED) is 0.881. The fraction of sp³-hybridized carbons (Fsp3) is 0.600. The summed E-state index contributed by atoms with van der Waals surface area (Å²) in [6.07, 6.45) is 0.0607. The van der Waals surface area contributed by atoms with Gasteiger partial charge in [-0.1, -0.05) is 19.1 Å². The van der Waals surface area contributed by atoms with Crippen LogP contribution in [0.2, 0.25) is 0 Å². The van der Waals surface area contributed by atoms with Gasteiger partial charge in [0.2, 0.25) is 0 Å². The molecule has 2 unspecified atom stereocenters. The molecule has 4 heteroatoms. The van der Waals surface area contributed by atoms with Gasteiger partial charge in [0.15, 0.2) is 0 Å². The van der Waals surface area contributed by atoms with Crippen molar-refractivity contribution in [1.29, 1.82) is 0 Å². The van der Waals surface area contributed by atoms with E-state index in [9.17, 15) is 0 Å². The van der Waals surface area contributed by atoms with Gasteiger partial charge in [-0.15, -0.1) is 0 Å². The summed E-state index contributed by atoms with van der Waals surface area (Å²) in [4.78, 5) is 2.42. The van der Waals surface area contributed by atoms with Gasteiger partial charge in [-0.3, -0.25) is 4.90 Å². The predicted octanol–water partition coefficient (Wildman–Crippen LogP) is 1.81. The zero-order valence-electron chi connectivity index (χ0n) is 11.8. The van der Waals surface area contributed by atoms with E-state index in [1.165, 1.54) is 5.56 Å². The second-order valence-corrected chi connectivity index (χ2v) is 4.72. The van der Waals surface area contributed by atoms with Gasteiger partial charge in [-0.2, -0.15) is 0 Å². The minimum atomic E-state index is 0.0607. The first-order valence-corrected chi connectivity index (χ1v) is 7.08. The molecule has 2 atom stereocenters. The van der Waals surface area contributed by atoms with E-state index in [4.69, 9.17) is 15.2 Å². The minimum Gasteiger partial charge on any atom is -0.494 e. The van der Waals surface area contributed by atoms with E-state index in [1.54, 1.807) is 0 Å². The van der Waals surface area contributed by atoms with Crippen molar-refractivity contribution in [3.63, 3.8) is 0 Å². The van der Waals surface area contributed by atoms with E-state index in [2.05, 4.69) is 24.0 Å². The first kappa shape index (κ1) is 14.3. The zero-order valence-corrected chi connectivity index (χ0v) is 11.8. The number of hydrogen-bond acceptors (Lipinski definition) is 4. The van der Waals surface area contributed by atoms with Crippen LogP contribution in [-0.4, -0.2) is 43.9 Å². The molecule has 4 nitrogen and oxygen atoms in total. The van der Waals surface area contributed by atoms with Crippen LogP contribution in [0.15, 0.2) is 24.3 Å². The Hall–Kier alpha value is -1.10. The predicted molar refractivity (Wildman–Crippen MR) is 76.4 cm³/mol. The summed E-state index contributed by atoms with van der Waals surface area (Å²) in [5, 5.41) is 0. The van der Waals surface area contributed by atoms with Crippen LogP contribution in [0.1, 0.15) is 25.5 Å². The highest BCUT2D eigenvalue weighted by Gasteiger charge is 2.31. The van der Waals surface area contributed by atoms with Gasteiger partial charge in [-0.25, -0.2) is 0 Å². The van der Waals surface area contributed by atoms with Crippen molar-refractivity contribution in [3.8, 4) is 5.75 Å². The molecule has 1 aromatic carbocycles. The fourth-order valence-electron chi connectivity index (χ4n) is 2.72. The third-order valence-corrected chi connectivity index (χ3v) is 3.61. The molecule has 1 saturated heterocycles. The molecule has 0 spiro atoms. The summed E-state index contributed by atoms with van der Waals surface area (Å²) < 4.78 is 11.4. The second-order valence-electron chi connectivity index (χ2n) is 4.72. The van der Waals surface area contributed by atoms with E-state index >= 15 is 0 Å². The molecule has 0 saturated carbocycles. The number of nitrogens with zero attached hydrogens (tertiary/aromatic N) is 1. The Kier molecular flexibility index (Phi) is 5.19. The fourth-order valence-corrected chi connectivity index (χ4v) is 2.72. The van der Waals surface area contributed by atoms with Gasteiger partial charge in [0.25, 0.3) is 0 Å². The third-order valence-electron chi connectivity index (χ3n) is 3.61. The summed E-state index contributed by atoms with van der Waals surface area (Å²) >= 11 is 0. The summed E-state index contributed by atoms with van der Waals surface area (Å²) in [5.74, 6) is 0.914. The Morgan fingerprint density at radius 3 is 2.95 bits per heavy atom. The molecule has 0 aromatic heterocycles. The van der Waals surface area contributed by atoms with Crippen LogP contribution in [0.4, 0.5) is 0 Å². The van der Waals surface area contributed by atoms with Crippen LogP contribution in [0.3, 0.4) is 0 Å². The Balaban J connectivity index is 2.26. The molecule has 0 aliphatic carbocycles. The lowest BCUT2D eigenvalue weighted by Crippen LogP contribution is -2.48. The number of likely N-dealkylation sites (N-methyl/N-ethyl adjacent to an activating group) is 1. The van der Waals surface area contributed by atoms with Crippen molar-refractivity contribution in [2.24, 2.45) is 5.73 Å². The standard InChI is InChI=1S/C15H24N2O2/c1-3-17-8-9-19-14(11-16)15(17)12-6-5-7-13(10-12)18-4-2/h5-7,10,14-15H,3-4,8-9,11,16H2,1-2H3. The first-order valence-electron chi connectivity index (χ1n) is 7.08. The highest BCUT2D eigenvalue weighted by molar-refractivity contribution is 5.31. The van der Waals surface area contributed by atoms with Crippen molar-refractivity contribution in [3.05, 3.63) is 29.8 Å². The van der Waals surface area contributed by atoms with E-state index < -0.39 is 0 Å². The second kappa shape index (κ2) is 6.89. The van der Waals surface area contributed by atoms with Crippen molar-refractivity contribution in [2.75, 3.05) is 32.8 Å². The smallest absolute Gasteiger partial charge is 0.119 e. The van der Waals surface area contributed by atoms with Crippen molar-refractivity contribution in [2.45, 2.75) is 26.0 Å². The Bertz CT molecular complexity index is 385. The third kappa shape index (κ3) is 3.26. The molecule has 106 valence electrons. The molecule has 2 rings (SSSR count). The van der Waals surface area contributed by atoms with Crippen molar-refractivity contribution >= 4 is 0 Å². The molecular formula is C15H24N2O2. The number of ether oxygens (including phenoxy) is 2. The summed E-state index contributed by atoms with van der Waals surface area (Å²) in [6, 6.07) is 8.49. The lowest BCUT2D eigenvalue weighted by molar-refractivity contribution is -0.0658. The van der Waals surface area contributed by atoms with Crippen LogP contribution < -0.4 is 10.5 Å². The van der Waals surface area contributed by atoms with Crippen LogP contribution in [0.5, 0.6) is 5.75 Å². The highest BCUT2D eigenvalue weighted by atomic mass is 16.5. The molecule has 2 N–H and O–H groups in total. The van der Waals surface area contributed by atoms with Gasteiger partial charge in [0.05, 0.1) is 25.4 Å². The lowest BCUT2D eigenvalue weighted by atomic mass is 9.97. The van der Waals surface area contributed by atoms with Crippen LogP contribution >= 0.6 is 0 Å². The molecule has 1 heterocycles. The van der Waals surface area contributed by atoms with Gasteiger partial charge in [0.1, 0.15) is 5.75 Å². The first-order chi connectivity index (χ1) is 9.30. The number of rotatable bonds is 5. The van der Waals surface area contributed by atoms with Crippen LogP contribution in [-0.2, 0) is 4.74 Å². The molecule has 0 radical (unpaired) electrons.